The molecule has 118 valence electrons. The Hall–Kier alpha value is -0.890. The summed E-state index contributed by atoms with van der Waals surface area (Å²) in [6.07, 6.45) is 3.57. The molecule has 0 radical (unpaired) electrons. The lowest BCUT2D eigenvalue weighted by atomic mass is 9.65. The highest BCUT2D eigenvalue weighted by molar-refractivity contribution is 6.20. The van der Waals surface area contributed by atoms with Gasteiger partial charge in [-0.05, 0) is 47.8 Å². The van der Waals surface area contributed by atoms with Crippen LogP contribution in [0.2, 0.25) is 0 Å². The molecule has 1 fully saturated rings. The maximum Gasteiger partial charge on any atom is 0.161 e. The molecule has 2 nitrogen and oxygen atoms in total. The molecule has 1 saturated carbocycles. The molecule has 1 aromatic rings. The van der Waals surface area contributed by atoms with Crippen molar-refractivity contribution in [2.45, 2.75) is 50.8 Å². The van der Waals surface area contributed by atoms with E-state index in [0.29, 0.717) is 5.92 Å². The molecule has 0 bridgehead atoms. The molecule has 3 unspecified atom stereocenters. The Morgan fingerprint density at radius 1 is 1.10 bits per heavy atom. The number of alkyl halides is 1. The summed E-state index contributed by atoms with van der Waals surface area (Å²) in [6, 6.07) is 6.23. The van der Waals surface area contributed by atoms with Crippen LogP contribution in [0.3, 0.4) is 0 Å². The van der Waals surface area contributed by atoms with Gasteiger partial charge in [0.1, 0.15) is 0 Å². The first-order valence-corrected chi connectivity index (χ1v) is 8.20. The van der Waals surface area contributed by atoms with E-state index in [-0.39, 0.29) is 10.8 Å². The van der Waals surface area contributed by atoms with Crippen LogP contribution in [0.1, 0.15) is 45.6 Å². The Balaban J connectivity index is 2.30. The van der Waals surface area contributed by atoms with Crippen molar-refractivity contribution in [2.24, 2.45) is 11.8 Å². The van der Waals surface area contributed by atoms with Gasteiger partial charge in [0.2, 0.25) is 0 Å². The topological polar surface area (TPSA) is 18.5 Å². The molecular weight excluding hydrogens is 284 g/mol. The fourth-order valence-electron chi connectivity index (χ4n) is 3.58. The van der Waals surface area contributed by atoms with Crippen LogP contribution in [0.5, 0.6) is 11.5 Å². The minimum absolute atomic E-state index is 0.0338. The zero-order valence-corrected chi connectivity index (χ0v) is 14.5. The van der Waals surface area contributed by atoms with Crippen molar-refractivity contribution in [1.29, 1.82) is 0 Å². The highest BCUT2D eigenvalue weighted by Crippen LogP contribution is 2.45. The zero-order chi connectivity index (χ0) is 15.6. The summed E-state index contributed by atoms with van der Waals surface area (Å²) >= 11 is 6.69. The van der Waals surface area contributed by atoms with Gasteiger partial charge in [0.25, 0.3) is 0 Å². The predicted octanol–water partition coefficient (Wildman–Crippen LogP) is 5.03. The standard InChI is InChI=1S/C18H27ClO2/c1-12-6-8-14(15(19)10-12)18(2,3)13-7-9-16(20-4)17(11-13)21-5/h7,9,11-12,14-15H,6,8,10H2,1-5H3. The molecule has 3 heteroatoms. The molecular formula is C18H27ClO2. The van der Waals surface area contributed by atoms with Crippen LogP contribution in [0.25, 0.3) is 0 Å². The Labute approximate surface area is 133 Å². The first kappa shape index (κ1) is 16.5. The van der Waals surface area contributed by atoms with Gasteiger partial charge in [0, 0.05) is 5.38 Å². The van der Waals surface area contributed by atoms with Crippen molar-refractivity contribution in [2.75, 3.05) is 14.2 Å². The van der Waals surface area contributed by atoms with E-state index >= 15 is 0 Å². The molecule has 0 spiro atoms. The molecule has 1 aliphatic rings. The van der Waals surface area contributed by atoms with E-state index in [4.69, 9.17) is 21.1 Å². The van der Waals surface area contributed by atoms with Crippen LogP contribution in [0.15, 0.2) is 18.2 Å². The Morgan fingerprint density at radius 3 is 2.33 bits per heavy atom. The van der Waals surface area contributed by atoms with Gasteiger partial charge in [-0.1, -0.05) is 33.3 Å². The number of hydrogen-bond acceptors (Lipinski definition) is 2. The maximum atomic E-state index is 6.69. The third-order valence-electron chi connectivity index (χ3n) is 5.09. The second kappa shape index (κ2) is 6.48. The molecule has 1 aliphatic carbocycles. The van der Waals surface area contributed by atoms with E-state index in [1.807, 2.05) is 6.07 Å². The van der Waals surface area contributed by atoms with E-state index in [1.54, 1.807) is 14.2 Å². The van der Waals surface area contributed by atoms with Gasteiger partial charge in [-0.25, -0.2) is 0 Å². The zero-order valence-electron chi connectivity index (χ0n) is 13.8. The Bertz CT molecular complexity index is 484. The van der Waals surface area contributed by atoms with Crippen LogP contribution in [0.4, 0.5) is 0 Å². The fraction of sp³-hybridized carbons (Fsp3) is 0.667. The van der Waals surface area contributed by atoms with Gasteiger partial charge in [0.15, 0.2) is 11.5 Å². The largest absolute Gasteiger partial charge is 0.493 e. The average molecular weight is 311 g/mol. The van der Waals surface area contributed by atoms with Crippen LogP contribution in [-0.2, 0) is 5.41 Å². The molecule has 0 N–H and O–H groups in total. The highest BCUT2D eigenvalue weighted by Gasteiger charge is 2.39. The van der Waals surface area contributed by atoms with E-state index < -0.39 is 0 Å². The van der Waals surface area contributed by atoms with Gasteiger partial charge in [0.05, 0.1) is 14.2 Å². The van der Waals surface area contributed by atoms with Crippen molar-refractivity contribution in [3.05, 3.63) is 23.8 Å². The lowest BCUT2D eigenvalue weighted by Crippen LogP contribution is -2.38. The van der Waals surface area contributed by atoms with Crippen molar-refractivity contribution >= 4 is 11.6 Å². The monoisotopic (exact) mass is 310 g/mol. The molecule has 0 amide bonds. The quantitative estimate of drug-likeness (QED) is 0.727. The third-order valence-corrected chi connectivity index (χ3v) is 5.57. The van der Waals surface area contributed by atoms with Gasteiger partial charge in [-0.2, -0.15) is 0 Å². The summed E-state index contributed by atoms with van der Waals surface area (Å²) in [5, 5.41) is 0.247. The number of rotatable bonds is 4. The van der Waals surface area contributed by atoms with Crippen molar-refractivity contribution in [3.63, 3.8) is 0 Å². The maximum absolute atomic E-state index is 6.69. The fourth-order valence-corrected chi connectivity index (χ4v) is 4.32. The predicted molar refractivity (Wildman–Crippen MR) is 88.7 cm³/mol. The summed E-state index contributed by atoms with van der Waals surface area (Å²) in [5.41, 5.74) is 1.30. The average Bonchev–Trinajstić information content (AvgIpc) is 2.46. The second-order valence-corrected chi connectivity index (χ2v) is 7.39. The third kappa shape index (κ3) is 3.31. The van der Waals surface area contributed by atoms with Gasteiger partial charge in [-0.15, -0.1) is 11.6 Å². The summed E-state index contributed by atoms with van der Waals surface area (Å²) in [5.74, 6) is 2.80. The smallest absolute Gasteiger partial charge is 0.161 e. The van der Waals surface area contributed by atoms with E-state index in [1.165, 1.54) is 18.4 Å². The molecule has 1 aromatic carbocycles. The van der Waals surface area contributed by atoms with E-state index in [0.717, 1.165) is 23.8 Å². The van der Waals surface area contributed by atoms with Crippen molar-refractivity contribution in [3.8, 4) is 11.5 Å². The SMILES string of the molecule is COc1ccc(C(C)(C)C2CCC(C)CC2Cl)cc1OC. The second-order valence-electron chi connectivity index (χ2n) is 6.83. The minimum atomic E-state index is 0.0338. The summed E-state index contributed by atoms with van der Waals surface area (Å²) in [7, 11) is 3.35. The van der Waals surface area contributed by atoms with Crippen LogP contribution >= 0.6 is 11.6 Å². The molecule has 0 heterocycles. The van der Waals surface area contributed by atoms with Crippen molar-refractivity contribution < 1.29 is 9.47 Å². The van der Waals surface area contributed by atoms with E-state index in [9.17, 15) is 0 Å². The van der Waals surface area contributed by atoms with Gasteiger partial charge >= 0.3 is 0 Å². The molecule has 0 aromatic heterocycles. The van der Waals surface area contributed by atoms with Crippen LogP contribution in [-0.4, -0.2) is 19.6 Å². The van der Waals surface area contributed by atoms with Gasteiger partial charge in [-0.3, -0.25) is 0 Å². The number of benzene rings is 1. The van der Waals surface area contributed by atoms with E-state index in [2.05, 4.69) is 32.9 Å². The summed E-state index contributed by atoms with van der Waals surface area (Å²) in [6.45, 7) is 6.89. The highest BCUT2D eigenvalue weighted by atomic mass is 35.5. The number of hydrogen-bond donors (Lipinski definition) is 0. The molecule has 0 aliphatic heterocycles. The Morgan fingerprint density at radius 2 is 1.76 bits per heavy atom. The molecule has 21 heavy (non-hydrogen) atoms. The summed E-state index contributed by atoms with van der Waals surface area (Å²) in [4.78, 5) is 0. The van der Waals surface area contributed by atoms with Crippen molar-refractivity contribution in [1.82, 2.24) is 0 Å². The minimum Gasteiger partial charge on any atom is -0.493 e. The molecule has 0 saturated heterocycles. The van der Waals surface area contributed by atoms with Gasteiger partial charge < -0.3 is 9.47 Å². The first-order chi connectivity index (χ1) is 9.90. The number of halogens is 1. The summed E-state index contributed by atoms with van der Waals surface area (Å²) < 4.78 is 10.8. The molecule has 3 atom stereocenters. The lowest BCUT2D eigenvalue weighted by molar-refractivity contribution is 0.207. The Kier molecular flexibility index (Phi) is 5.08. The normalized spacial score (nSPS) is 26.5. The van der Waals surface area contributed by atoms with Crippen LogP contribution in [0, 0.1) is 11.8 Å². The van der Waals surface area contributed by atoms with Crippen LogP contribution < -0.4 is 9.47 Å². The first-order valence-electron chi connectivity index (χ1n) is 7.76. The molecule has 2 rings (SSSR count). The number of ether oxygens (including phenoxy) is 2. The lowest BCUT2D eigenvalue weighted by Gasteiger charge is -2.42. The number of methoxy groups -OCH3 is 2.